The van der Waals surface area contributed by atoms with Gasteiger partial charge in [0.2, 0.25) is 5.91 Å². The van der Waals surface area contributed by atoms with Crippen molar-refractivity contribution in [2.75, 3.05) is 13.1 Å². The fourth-order valence-corrected chi connectivity index (χ4v) is 3.40. The largest absolute Gasteiger partial charge is 0.459 e. The summed E-state index contributed by atoms with van der Waals surface area (Å²) in [6, 6.07) is 11.1. The van der Waals surface area contributed by atoms with Crippen molar-refractivity contribution in [3.05, 3.63) is 54.2 Å². The Morgan fingerprint density at radius 3 is 2.96 bits per heavy atom. The van der Waals surface area contributed by atoms with Gasteiger partial charge in [-0.2, -0.15) is 0 Å². The summed E-state index contributed by atoms with van der Waals surface area (Å²) in [6.45, 7) is 0.994. The van der Waals surface area contributed by atoms with Gasteiger partial charge in [0.15, 0.2) is 5.76 Å². The van der Waals surface area contributed by atoms with E-state index in [-0.39, 0.29) is 36.6 Å². The number of rotatable bonds is 5. The molecule has 1 unspecified atom stereocenters. The first-order valence-corrected chi connectivity index (χ1v) is 8.78. The third kappa shape index (κ3) is 3.20. The smallest absolute Gasteiger partial charge is 0.286 e. The van der Waals surface area contributed by atoms with E-state index in [9.17, 15) is 9.59 Å². The number of carbonyl (C=O) groups is 2. The van der Waals surface area contributed by atoms with Crippen LogP contribution in [0, 0.1) is 0 Å². The van der Waals surface area contributed by atoms with Crippen molar-refractivity contribution in [2.45, 2.75) is 25.3 Å². The second-order valence-corrected chi connectivity index (χ2v) is 6.37. The van der Waals surface area contributed by atoms with E-state index in [1.165, 1.54) is 6.26 Å². The lowest BCUT2D eigenvalue weighted by molar-refractivity contribution is -0.132. The van der Waals surface area contributed by atoms with Crippen molar-refractivity contribution in [1.29, 1.82) is 0 Å². The van der Waals surface area contributed by atoms with Crippen molar-refractivity contribution in [1.82, 2.24) is 20.2 Å². The van der Waals surface area contributed by atoms with Gasteiger partial charge in [0.05, 0.1) is 23.3 Å². The molecule has 7 heteroatoms. The minimum absolute atomic E-state index is 0.0210. The van der Waals surface area contributed by atoms with Crippen LogP contribution in [0.5, 0.6) is 0 Å². The molecule has 7 nitrogen and oxygen atoms in total. The molecular formula is C19H20N4O3. The Labute approximate surface area is 150 Å². The number of nitrogens with zero attached hydrogens (tertiary/aromatic N) is 2. The normalized spacial score (nSPS) is 16.9. The van der Waals surface area contributed by atoms with Gasteiger partial charge in [0.1, 0.15) is 5.82 Å². The average molecular weight is 352 g/mol. The highest BCUT2D eigenvalue weighted by molar-refractivity contribution is 5.91. The molecule has 1 aliphatic heterocycles. The molecule has 2 amide bonds. The number of H-pyrrole nitrogens is 1. The Kier molecular flexibility index (Phi) is 4.43. The Balaban J connectivity index is 1.38. The van der Waals surface area contributed by atoms with Gasteiger partial charge in [-0.05, 0) is 37.1 Å². The third-order valence-corrected chi connectivity index (χ3v) is 4.67. The second-order valence-electron chi connectivity index (χ2n) is 6.37. The SMILES string of the molecule is O=C(NCCC(=O)N1CCCC1c1nc2ccccc2[nH]1)c1ccco1. The van der Waals surface area contributed by atoms with Gasteiger partial charge in [-0.1, -0.05) is 12.1 Å². The van der Waals surface area contributed by atoms with Crippen LogP contribution in [0.15, 0.2) is 47.1 Å². The standard InChI is InChI=1S/C19H20N4O3/c24-17(9-10-20-19(25)16-8-4-12-26-16)23-11-3-7-15(23)18-21-13-5-1-2-6-14(13)22-18/h1-2,4-6,8,12,15H,3,7,9-11H2,(H,20,25)(H,21,22). The number of aromatic amines is 1. The first-order chi connectivity index (χ1) is 12.7. The predicted molar refractivity (Wildman–Crippen MR) is 95.4 cm³/mol. The minimum atomic E-state index is -0.307. The molecule has 0 saturated carbocycles. The number of amides is 2. The summed E-state index contributed by atoms with van der Waals surface area (Å²) in [5.74, 6) is 0.793. The Morgan fingerprint density at radius 1 is 1.27 bits per heavy atom. The maximum absolute atomic E-state index is 12.6. The van der Waals surface area contributed by atoms with E-state index in [2.05, 4.69) is 15.3 Å². The van der Waals surface area contributed by atoms with Crippen LogP contribution >= 0.6 is 0 Å². The highest BCUT2D eigenvalue weighted by atomic mass is 16.3. The van der Waals surface area contributed by atoms with E-state index in [0.717, 1.165) is 29.7 Å². The quantitative estimate of drug-likeness (QED) is 0.738. The zero-order valence-corrected chi connectivity index (χ0v) is 14.3. The highest BCUT2D eigenvalue weighted by Crippen LogP contribution is 2.31. The zero-order chi connectivity index (χ0) is 17.9. The first kappa shape index (κ1) is 16.4. The van der Waals surface area contributed by atoms with Crippen molar-refractivity contribution in [3.63, 3.8) is 0 Å². The fraction of sp³-hybridized carbons (Fsp3) is 0.316. The van der Waals surface area contributed by atoms with Gasteiger partial charge in [0, 0.05) is 19.5 Å². The molecule has 134 valence electrons. The van der Waals surface area contributed by atoms with Crippen molar-refractivity contribution < 1.29 is 14.0 Å². The summed E-state index contributed by atoms with van der Waals surface area (Å²) in [7, 11) is 0. The molecule has 1 fully saturated rings. The second kappa shape index (κ2) is 7.03. The third-order valence-electron chi connectivity index (χ3n) is 4.67. The van der Waals surface area contributed by atoms with Crippen molar-refractivity contribution in [3.8, 4) is 0 Å². The van der Waals surface area contributed by atoms with Crippen LogP contribution in [0.4, 0.5) is 0 Å². The van der Waals surface area contributed by atoms with Gasteiger partial charge < -0.3 is 19.6 Å². The molecular weight excluding hydrogens is 332 g/mol. The van der Waals surface area contributed by atoms with Gasteiger partial charge in [0.25, 0.3) is 5.91 Å². The number of benzene rings is 1. The molecule has 0 aliphatic carbocycles. The topological polar surface area (TPSA) is 91.2 Å². The summed E-state index contributed by atoms with van der Waals surface area (Å²) in [6.07, 6.45) is 3.54. The molecule has 3 heterocycles. The fourth-order valence-electron chi connectivity index (χ4n) is 3.40. The number of hydrogen-bond acceptors (Lipinski definition) is 4. The number of carbonyl (C=O) groups excluding carboxylic acids is 2. The summed E-state index contributed by atoms with van der Waals surface area (Å²) >= 11 is 0. The minimum Gasteiger partial charge on any atom is -0.459 e. The highest BCUT2D eigenvalue weighted by Gasteiger charge is 2.31. The van der Waals surface area contributed by atoms with Crippen LogP contribution in [-0.2, 0) is 4.79 Å². The Morgan fingerprint density at radius 2 is 2.15 bits per heavy atom. The molecule has 1 aromatic carbocycles. The van der Waals surface area contributed by atoms with Crippen LogP contribution in [0.1, 0.15) is 41.7 Å². The summed E-state index contributed by atoms with van der Waals surface area (Å²) in [5.41, 5.74) is 1.89. The maximum Gasteiger partial charge on any atom is 0.286 e. The molecule has 0 bridgehead atoms. The van der Waals surface area contributed by atoms with Crippen LogP contribution in [0.25, 0.3) is 11.0 Å². The molecule has 2 aromatic heterocycles. The predicted octanol–water partition coefficient (Wildman–Crippen LogP) is 2.64. The number of aromatic nitrogens is 2. The number of imidazole rings is 1. The molecule has 26 heavy (non-hydrogen) atoms. The number of likely N-dealkylation sites (tertiary alicyclic amines) is 1. The average Bonchev–Trinajstić information content (AvgIpc) is 3.40. The van der Waals surface area contributed by atoms with E-state index in [0.29, 0.717) is 6.54 Å². The molecule has 0 spiro atoms. The van der Waals surface area contributed by atoms with Crippen LogP contribution < -0.4 is 5.32 Å². The lowest BCUT2D eigenvalue weighted by atomic mass is 10.2. The monoisotopic (exact) mass is 352 g/mol. The Hall–Kier alpha value is -3.09. The molecule has 3 aromatic rings. The lowest BCUT2D eigenvalue weighted by Gasteiger charge is -2.23. The van der Waals surface area contributed by atoms with Crippen LogP contribution in [-0.4, -0.2) is 39.8 Å². The van der Waals surface area contributed by atoms with Crippen molar-refractivity contribution >= 4 is 22.8 Å². The van der Waals surface area contributed by atoms with Crippen LogP contribution in [0.2, 0.25) is 0 Å². The number of nitrogens with one attached hydrogen (secondary N) is 2. The molecule has 2 N–H and O–H groups in total. The van der Waals surface area contributed by atoms with E-state index in [4.69, 9.17) is 4.42 Å². The van der Waals surface area contributed by atoms with Gasteiger partial charge in [-0.3, -0.25) is 9.59 Å². The van der Waals surface area contributed by atoms with Gasteiger partial charge in [-0.25, -0.2) is 4.98 Å². The summed E-state index contributed by atoms with van der Waals surface area (Å²) in [5, 5.41) is 2.71. The Bertz CT molecular complexity index is 883. The number of hydrogen-bond donors (Lipinski definition) is 2. The number of para-hydroxylation sites is 2. The molecule has 4 rings (SSSR count). The maximum atomic E-state index is 12.6. The van der Waals surface area contributed by atoms with Crippen molar-refractivity contribution in [2.24, 2.45) is 0 Å². The lowest BCUT2D eigenvalue weighted by Crippen LogP contribution is -2.34. The van der Waals surface area contributed by atoms with E-state index in [1.54, 1.807) is 12.1 Å². The summed E-state index contributed by atoms with van der Waals surface area (Å²) < 4.78 is 5.04. The van der Waals surface area contributed by atoms with E-state index in [1.807, 2.05) is 29.2 Å². The van der Waals surface area contributed by atoms with Crippen LogP contribution in [0.3, 0.4) is 0 Å². The van der Waals surface area contributed by atoms with E-state index >= 15 is 0 Å². The molecule has 0 radical (unpaired) electrons. The summed E-state index contributed by atoms with van der Waals surface area (Å²) in [4.78, 5) is 34.3. The molecule has 1 aliphatic rings. The number of furan rings is 1. The number of fused-ring (bicyclic) bond motifs is 1. The zero-order valence-electron chi connectivity index (χ0n) is 14.3. The van der Waals surface area contributed by atoms with Gasteiger partial charge in [-0.15, -0.1) is 0 Å². The van der Waals surface area contributed by atoms with Gasteiger partial charge >= 0.3 is 0 Å². The van der Waals surface area contributed by atoms with E-state index < -0.39 is 0 Å². The first-order valence-electron chi connectivity index (χ1n) is 8.78. The molecule has 1 saturated heterocycles. The molecule has 1 atom stereocenters.